The molecule has 3 heterocycles. The summed E-state index contributed by atoms with van der Waals surface area (Å²) in [6.07, 6.45) is 1.44. The monoisotopic (exact) mass is 509 g/mol. The van der Waals surface area contributed by atoms with Gasteiger partial charge < -0.3 is 9.47 Å². The van der Waals surface area contributed by atoms with Crippen LogP contribution < -0.4 is 15.2 Å². The van der Waals surface area contributed by atoms with Crippen molar-refractivity contribution in [2.24, 2.45) is 7.05 Å². The third kappa shape index (κ3) is 5.96. The predicted octanol–water partition coefficient (Wildman–Crippen LogP) is 4.60. The summed E-state index contributed by atoms with van der Waals surface area (Å²) in [5.41, 5.74) is -0.553. The van der Waals surface area contributed by atoms with Crippen molar-refractivity contribution < 1.29 is 27.0 Å². The molecule has 8 nitrogen and oxygen atoms in total. The van der Waals surface area contributed by atoms with E-state index in [0.29, 0.717) is 6.07 Å². The fourth-order valence-corrected chi connectivity index (χ4v) is 3.26. The van der Waals surface area contributed by atoms with Gasteiger partial charge in [-0.3, -0.25) is 9.25 Å². The number of halogens is 5. The quantitative estimate of drug-likeness (QED) is 0.339. The van der Waals surface area contributed by atoms with E-state index in [-0.39, 0.29) is 30.3 Å². The molecule has 0 fully saturated rings. The van der Waals surface area contributed by atoms with E-state index >= 15 is 0 Å². The fourth-order valence-electron chi connectivity index (χ4n) is 3.04. The first-order chi connectivity index (χ1) is 16.6. The Hall–Kier alpha value is -3.93. The van der Waals surface area contributed by atoms with Gasteiger partial charge in [0.2, 0.25) is 5.88 Å². The molecule has 0 aliphatic carbocycles. The van der Waals surface area contributed by atoms with E-state index < -0.39 is 34.1 Å². The van der Waals surface area contributed by atoms with Gasteiger partial charge >= 0.3 is 11.9 Å². The number of alkyl halides is 3. The maximum atomic E-state index is 14.4. The Morgan fingerprint density at radius 1 is 1.11 bits per heavy atom. The van der Waals surface area contributed by atoms with Crippen LogP contribution in [0.15, 0.2) is 59.9 Å². The number of hydrogen-bond donors (Lipinski definition) is 0. The molecule has 0 atom stereocenters. The van der Waals surface area contributed by atoms with E-state index in [1.54, 1.807) is 24.1 Å². The molecule has 0 spiro atoms. The van der Waals surface area contributed by atoms with Crippen LogP contribution in [0.25, 0.3) is 0 Å². The minimum atomic E-state index is -4.70. The van der Waals surface area contributed by atoms with E-state index in [0.717, 1.165) is 23.8 Å². The average Bonchev–Trinajstić information content (AvgIpc) is 3.20. The highest BCUT2D eigenvalue weighted by molar-refractivity contribution is 6.31. The van der Waals surface area contributed by atoms with Crippen molar-refractivity contribution in [2.45, 2.75) is 19.3 Å². The van der Waals surface area contributed by atoms with Gasteiger partial charge in [-0.2, -0.15) is 23.3 Å². The van der Waals surface area contributed by atoms with E-state index in [1.165, 1.54) is 23.0 Å². The molecular formula is C22H16ClF4N5O3. The van der Waals surface area contributed by atoms with Gasteiger partial charge in [-0.1, -0.05) is 11.6 Å². The highest BCUT2D eigenvalue weighted by Gasteiger charge is 2.33. The van der Waals surface area contributed by atoms with Crippen LogP contribution in [0.3, 0.4) is 0 Å². The number of aromatic nitrogens is 5. The lowest BCUT2D eigenvalue weighted by molar-refractivity contribution is -0.137. The number of ether oxygens (including phenoxy) is 2. The Morgan fingerprint density at radius 2 is 1.91 bits per heavy atom. The molecule has 13 heteroatoms. The smallest absolute Gasteiger partial charge is 0.417 e. The molecule has 0 aliphatic heterocycles. The normalized spacial score (nSPS) is 11.5. The van der Waals surface area contributed by atoms with Crippen molar-refractivity contribution >= 4 is 11.6 Å². The topological polar surface area (TPSA) is 84.1 Å². The van der Waals surface area contributed by atoms with Gasteiger partial charge in [-0.05, 0) is 24.3 Å². The fraction of sp³-hybridized carbons (Fsp3) is 0.182. The molecule has 1 aromatic carbocycles. The number of pyridine rings is 1. The van der Waals surface area contributed by atoms with E-state index in [2.05, 4.69) is 15.1 Å². The summed E-state index contributed by atoms with van der Waals surface area (Å²) in [5, 5.41) is 3.53. The summed E-state index contributed by atoms with van der Waals surface area (Å²) < 4.78 is 67.0. The Bertz CT molecular complexity index is 1420. The standard InChI is InChI=1S/C22H16ClF4N5O3/c1-31-10-14(9-29-31)11-32-5-4-19(30-21(32)33)34-12-13-6-18(24)20(28-8-13)35-15-2-3-17(23)16(7-15)22(25,26)27/h2-10H,11-12H2,1H3. The van der Waals surface area contributed by atoms with Crippen LogP contribution in [0.5, 0.6) is 17.5 Å². The predicted molar refractivity (Wildman–Crippen MR) is 116 cm³/mol. The second kappa shape index (κ2) is 9.74. The molecule has 0 N–H and O–H groups in total. The third-order valence-corrected chi connectivity index (χ3v) is 5.00. The molecule has 0 saturated carbocycles. The van der Waals surface area contributed by atoms with Crippen molar-refractivity contribution in [3.63, 3.8) is 0 Å². The molecule has 0 radical (unpaired) electrons. The molecule has 4 rings (SSSR count). The molecule has 4 aromatic rings. The van der Waals surface area contributed by atoms with Gasteiger partial charge in [-0.25, -0.2) is 14.2 Å². The lowest BCUT2D eigenvalue weighted by Gasteiger charge is -2.12. The van der Waals surface area contributed by atoms with E-state index in [1.807, 2.05) is 0 Å². The molecule has 35 heavy (non-hydrogen) atoms. The summed E-state index contributed by atoms with van der Waals surface area (Å²) >= 11 is 5.57. The first-order valence-electron chi connectivity index (χ1n) is 9.95. The summed E-state index contributed by atoms with van der Waals surface area (Å²) in [4.78, 5) is 19.9. The van der Waals surface area contributed by atoms with Gasteiger partial charge in [0.25, 0.3) is 5.88 Å². The lowest BCUT2D eigenvalue weighted by atomic mass is 10.2. The summed E-state index contributed by atoms with van der Waals surface area (Å²) in [5.74, 6) is -1.71. The van der Waals surface area contributed by atoms with Gasteiger partial charge in [0.15, 0.2) is 5.82 Å². The second-order valence-electron chi connectivity index (χ2n) is 7.36. The molecule has 0 bridgehead atoms. The average molecular weight is 510 g/mol. The largest absolute Gasteiger partial charge is 0.473 e. The van der Waals surface area contributed by atoms with Gasteiger partial charge in [0.05, 0.1) is 23.3 Å². The molecule has 0 aliphatic rings. The number of benzene rings is 1. The maximum absolute atomic E-state index is 14.4. The Kier molecular flexibility index (Phi) is 6.74. The van der Waals surface area contributed by atoms with Crippen LogP contribution in [-0.2, 0) is 26.4 Å². The Morgan fingerprint density at radius 3 is 2.57 bits per heavy atom. The van der Waals surface area contributed by atoms with Crippen LogP contribution in [0.4, 0.5) is 17.6 Å². The number of rotatable bonds is 7. The van der Waals surface area contributed by atoms with E-state index in [9.17, 15) is 22.4 Å². The van der Waals surface area contributed by atoms with Crippen molar-refractivity contribution in [3.05, 3.63) is 93.1 Å². The zero-order valence-electron chi connectivity index (χ0n) is 18.0. The van der Waals surface area contributed by atoms with Crippen LogP contribution in [0, 0.1) is 5.82 Å². The molecule has 3 aromatic heterocycles. The highest BCUT2D eigenvalue weighted by Crippen LogP contribution is 2.37. The van der Waals surface area contributed by atoms with Crippen LogP contribution in [0.2, 0.25) is 5.02 Å². The Labute approximate surface area is 200 Å². The molecule has 0 saturated heterocycles. The number of aryl methyl sites for hydroxylation is 1. The molecule has 0 unspecified atom stereocenters. The first-order valence-corrected chi connectivity index (χ1v) is 10.3. The van der Waals surface area contributed by atoms with Crippen LogP contribution >= 0.6 is 11.6 Å². The van der Waals surface area contributed by atoms with Crippen molar-refractivity contribution in [2.75, 3.05) is 0 Å². The lowest BCUT2D eigenvalue weighted by Crippen LogP contribution is -2.23. The van der Waals surface area contributed by atoms with Crippen molar-refractivity contribution in [1.29, 1.82) is 0 Å². The summed E-state index contributed by atoms with van der Waals surface area (Å²) in [6.45, 7) is 0.122. The number of nitrogens with zero attached hydrogens (tertiary/aromatic N) is 5. The minimum absolute atomic E-state index is 0.0269. The molecule has 182 valence electrons. The van der Waals surface area contributed by atoms with Crippen LogP contribution in [-0.4, -0.2) is 24.3 Å². The SMILES string of the molecule is Cn1cc(Cn2ccc(OCc3cnc(Oc4ccc(Cl)c(C(F)(F)F)c4)c(F)c3)nc2=O)cn1. The second-order valence-corrected chi connectivity index (χ2v) is 7.77. The van der Waals surface area contributed by atoms with Crippen molar-refractivity contribution in [1.82, 2.24) is 24.3 Å². The minimum Gasteiger partial charge on any atom is -0.473 e. The Balaban J connectivity index is 1.40. The zero-order chi connectivity index (χ0) is 25.2. The molecule has 0 amide bonds. The van der Waals surface area contributed by atoms with Gasteiger partial charge in [0.1, 0.15) is 12.4 Å². The summed E-state index contributed by atoms with van der Waals surface area (Å²) in [7, 11) is 1.76. The van der Waals surface area contributed by atoms with Crippen LogP contribution in [0.1, 0.15) is 16.7 Å². The first kappa shape index (κ1) is 24.2. The number of hydrogen-bond acceptors (Lipinski definition) is 6. The zero-order valence-corrected chi connectivity index (χ0v) is 18.7. The van der Waals surface area contributed by atoms with E-state index in [4.69, 9.17) is 21.1 Å². The third-order valence-electron chi connectivity index (χ3n) is 4.67. The highest BCUT2D eigenvalue weighted by atomic mass is 35.5. The summed E-state index contributed by atoms with van der Waals surface area (Å²) in [6, 6.07) is 5.35. The van der Waals surface area contributed by atoms with Crippen molar-refractivity contribution in [3.8, 4) is 17.5 Å². The maximum Gasteiger partial charge on any atom is 0.417 e. The van der Waals surface area contributed by atoms with Gasteiger partial charge in [0, 0.05) is 42.8 Å². The van der Waals surface area contributed by atoms with Gasteiger partial charge in [-0.15, -0.1) is 0 Å². The molecular weight excluding hydrogens is 494 g/mol.